The van der Waals surface area contributed by atoms with Crippen LogP contribution < -0.4 is 0 Å². The predicted molar refractivity (Wildman–Crippen MR) is 87.3 cm³/mol. The molecule has 0 fully saturated rings. The largest absolute Gasteiger partial charge is 0.285 e. The second-order valence-corrected chi connectivity index (χ2v) is 6.48. The lowest BCUT2D eigenvalue weighted by Gasteiger charge is -2.04. The normalized spacial score (nSPS) is 9.75. The number of nitrogens with zero attached hydrogens (tertiary/aromatic N) is 4. The van der Waals surface area contributed by atoms with Gasteiger partial charge >= 0.3 is 0 Å². The summed E-state index contributed by atoms with van der Waals surface area (Å²) in [6, 6.07) is 11.6. The molecule has 2 aromatic carbocycles. The maximum absolute atomic E-state index is 11.1. The SMILES string of the molecule is N#Cc1ccc(SSc2ccc(C#N)cc2[N+](=O)[O-])c([N+](=O)[O-])c1. The molecule has 0 bridgehead atoms. The van der Waals surface area contributed by atoms with Crippen LogP contribution in [0.15, 0.2) is 46.2 Å². The lowest BCUT2D eigenvalue weighted by Crippen LogP contribution is -1.92. The highest BCUT2D eigenvalue weighted by Gasteiger charge is 2.19. The first-order chi connectivity index (χ1) is 11.5. The van der Waals surface area contributed by atoms with Gasteiger partial charge in [-0.3, -0.25) is 20.2 Å². The Morgan fingerprint density at radius 1 is 0.792 bits per heavy atom. The molecule has 2 aromatic rings. The van der Waals surface area contributed by atoms with Crippen LogP contribution in [0.5, 0.6) is 0 Å². The van der Waals surface area contributed by atoms with E-state index in [2.05, 4.69) is 0 Å². The third-order valence-electron chi connectivity index (χ3n) is 2.79. The Labute approximate surface area is 143 Å². The Morgan fingerprint density at radius 2 is 1.17 bits per heavy atom. The highest BCUT2D eigenvalue weighted by Crippen LogP contribution is 2.44. The van der Waals surface area contributed by atoms with Crippen molar-refractivity contribution >= 4 is 33.0 Å². The van der Waals surface area contributed by atoms with Crippen molar-refractivity contribution in [3.05, 3.63) is 67.8 Å². The molecule has 0 unspecified atom stereocenters. The molecule has 118 valence electrons. The van der Waals surface area contributed by atoms with E-state index in [1.165, 1.54) is 24.3 Å². The minimum atomic E-state index is -0.614. The first-order valence-electron chi connectivity index (χ1n) is 6.18. The summed E-state index contributed by atoms with van der Waals surface area (Å²) in [4.78, 5) is 21.5. The van der Waals surface area contributed by atoms with Crippen LogP contribution in [0.2, 0.25) is 0 Å². The zero-order valence-corrected chi connectivity index (χ0v) is 13.3. The van der Waals surface area contributed by atoms with Crippen LogP contribution in [0.4, 0.5) is 11.4 Å². The summed E-state index contributed by atoms with van der Waals surface area (Å²) < 4.78 is 0. The molecule has 0 atom stereocenters. The van der Waals surface area contributed by atoms with E-state index in [0.29, 0.717) is 0 Å². The van der Waals surface area contributed by atoms with Gasteiger partial charge in [-0.2, -0.15) is 10.5 Å². The van der Waals surface area contributed by atoms with E-state index in [4.69, 9.17) is 10.5 Å². The fraction of sp³-hybridized carbons (Fsp3) is 0. The Morgan fingerprint density at radius 3 is 1.46 bits per heavy atom. The van der Waals surface area contributed by atoms with E-state index in [0.717, 1.165) is 33.7 Å². The maximum atomic E-state index is 11.1. The van der Waals surface area contributed by atoms with E-state index in [1.807, 2.05) is 12.1 Å². The van der Waals surface area contributed by atoms with Crippen molar-refractivity contribution in [2.45, 2.75) is 9.79 Å². The lowest BCUT2D eigenvalue weighted by molar-refractivity contribution is -0.388. The molecule has 0 aliphatic carbocycles. The molecule has 0 aliphatic rings. The molecule has 0 radical (unpaired) electrons. The van der Waals surface area contributed by atoms with Gasteiger partial charge in [0.1, 0.15) is 0 Å². The molecule has 0 spiro atoms. The van der Waals surface area contributed by atoms with E-state index in [-0.39, 0.29) is 32.3 Å². The first-order valence-corrected chi connectivity index (χ1v) is 8.33. The molecule has 0 aliphatic heterocycles. The van der Waals surface area contributed by atoms with Crippen LogP contribution in [0.1, 0.15) is 11.1 Å². The van der Waals surface area contributed by atoms with Crippen molar-refractivity contribution in [3.8, 4) is 12.1 Å². The lowest BCUT2D eigenvalue weighted by atomic mass is 10.2. The van der Waals surface area contributed by atoms with Crippen molar-refractivity contribution in [2.24, 2.45) is 0 Å². The average molecular weight is 358 g/mol. The third kappa shape index (κ3) is 3.81. The summed E-state index contributed by atoms with van der Waals surface area (Å²) in [5, 5.41) is 39.8. The fourth-order valence-corrected chi connectivity index (χ4v) is 3.94. The van der Waals surface area contributed by atoms with Crippen molar-refractivity contribution in [3.63, 3.8) is 0 Å². The number of hydrogen-bond acceptors (Lipinski definition) is 8. The number of benzene rings is 2. The molecule has 0 saturated carbocycles. The molecule has 24 heavy (non-hydrogen) atoms. The molecule has 0 aromatic heterocycles. The number of rotatable bonds is 5. The van der Waals surface area contributed by atoms with E-state index in [9.17, 15) is 20.2 Å². The van der Waals surface area contributed by atoms with Gasteiger partial charge in [0.05, 0.1) is 42.9 Å². The van der Waals surface area contributed by atoms with Gasteiger partial charge in [0, 0.05) is 12.1 Å². The smallest absolute Gasteiger partial charge is 0.258 e. The van der Waals surface area contributed by atoms with Crippen LogP contribution >= 0.6 is 21.6 Å². The quantitative estimate of drug-likeness (QED) is 0.444. The monoisotopic (exact) mass is 358 g/mol. The van der Waals surface area contributed by atoms with E-state index in [1.54, 1.807) is 0 Å². The summed E-state index contributed by atoms with van der Waals surface area (Å²) in [5.74, 6) is 0. The van der Waals surface area contributed by atoms with Crippen molar-refractivity contribution in [2.75, 3.05) is 0 Å². The Balaban J connectivity index is 2.32. The average Bonchev–Trinajstić information content (AvgIpc) is 2.59. The zero-order valence-electron chi connectivity index (χ0n) is 11.7. The molecular weight excluding hydrogens is 352 g/mol. The van der Waals surface area contributed by atoms with Gasteiger partial charge in [-0.25, -0.2) is 0 Å². The van der Waals surface area contributed by atoms with Gasteiger partial charge in [-0.15, -0.1) is 0 Å². The van der Waals surface area contributed by atoms with Crippen LogP contribution in [-0.2, 0) is 0 Å². The molecule has 2 rings (SSSR count). The predicted octanol–water partition coefficient (Wildman–Crippen LogP) is 4.05. The van der Waals surface area contributed by atoms with E-state index < -0.39 is 9.85 Å². The third-order valence-corrected chi connectivity index (χ3v) is 5.25. The van der Waals surface area contributed by atoms with Crippen molar-refractivity contribution in [1.29, 1.82) is 10.5 Å². The van der Waals surface area contributed by atoms with Crippen LogP contribution in [0, 0.1) is 42.9 Å². The Bertz CT molecular complexity index is 842. The first kappa shape index (κ1) is 17.3. The summed E-state index contributed by atoms with van der Waals surface area (Å²) >= 11 is 0. The van der Waals surface area contributed by atoms with Gasteiger partial charge in [-0.1, -0.05) is 0 Å². The Kier molecular flexibility index (Phi) is 5.37. The number of hydrogen-bond donors (Lipinski definition) is 0. The van der Waals surface area contributed by atoms with Crippen molar-refractivity contribution < 1.29 is 9.85 Å². The molecule has 10 heteroatoms. The van der Waals surface area contributed by atoms with Crippen LogP contribution in [0.25, 0.3) is 0 Å². The second-order valence-electron chi connectivity index (χ2n) is 4.27. The van der Waals surface area contributed by atoms with Gasteiger partial charge in [0.2, 0.25) is 0 Å². The minimum absolute atomic E-state index is 0.153. The molecule has 0 saturated heterocycles. The van der Waals surface area contributed by atoms with Crippen LogP contribution in [-0.4, -0.2) is 9.85 Å². The molecule has 0 amide bonds. The van der Waals surface area contributed by atoms with Gasteiger partial charge in [-0.05, 0) is 45.9 Å². The summed E-state index contributed by atoms with van der Waals surface area (Å²) in [5.41, 5.74) is -0.188. The van der Waals surface area contributed by atoms with Crippen molar-refractivity contribution in [1.82, 2.24) is 0 Å². The molecule has 0 heterocycles. The highest BCUT2D eigenvalue weighted by molar-refractivity contribution is 8.76. The second kappa shape index (κ2) is 7.46. The number of nitro benzene ring substituents is 2. The molecule has 0 N–H and O–H groups in total. The highest BCUT2D eigenvalue weighted by atomic mass is 33.1. The fourth-order valence-electron chi connectivity index (χ4n) is 1.69. The maximum Gasteiger partial charge on any atom is 0.285 e. The summed E-state index contributed by atoms with van der Waals surface area (Å²) in [7, 11) is 1.94. The summed E-state index contributed by atoms with van der Waals surface area (Å²) in [6.07, 6.45) is 0. The van der Waals surface area contributed by atoms with Gasteiger partial charge < -0.3 is 0 Å². The van der Waals surface area contributed by atoms with Gasteiger partial charge in [0.15, 0.2) is 0 Å². The minimum Gasteiger partial charge on any atom is -0.258 e. The van der Waals surface area contributed by atoms with Gasteiger partial charge in [0.25, 0.3) is 11.4 Å². The van der Waals surface area contributed by atoms with Crippen LogP contribution in [0.3, 0.4) is 0 Å². The standard InChI is InChI=1S/C14H6N4O4S2/c15-7-9-1-3-13(11(5-9)17(19)20)23-24-14-4-2-10(8-16)6-12(14)18(21)22/h1-6H. The Hall–Kier alpha value is -3.08. The molecular formula is C14H6N4O4S2. The zero-order chi connectivity index (χ0) is 17.7. The topological polar surface area (TPSA) is 134 Å². The van der Waals surface area contributed by atoms with E-state index >= 15 is 0 Å². The number of nitriles is 2. The molecule has 8 nitrogen and oxygen atoms in total. The summed E-state index contributed by atoms with van der Waals surface area (Å²) in [6.45, 7) is 0. The number of nitro groups is 2.